The van der Waals surface area contributed by atoms with Crippen LogP contribution in [0.25, 0.3) is 0 Å². The number of hydrogen-bond donors (Lipinski definition) is 1. The van der Waals surface area contributed by atoms with E-state index < -0.39 is 20.9 Å². The molecule has 0 heterocycles. The van der Waals surface area contributed by atoms with Crippen molar-refractivity contribution in [3.8, 4) is 0 Å². The fraction of sp³-hybridized carbons (Fsp3) is 0.417. The number of aliphatic carboxylic acids is 1. The zero-order valence-electron chi connectivity index (χ0n) is 11.4. The first-order chi connectivity index (χ1) is 9.74. The van der Waals surface area contributed by atoms with Crippen LogP contribution >= 0.6 is 0 Å². The molecular formula is C12H16N2O6S. The molecule has 0 unspecified atom stereocenters. The third-order valence-electron chi connectivity index (χ3n) is 2.93. The number of para-hydroxylation sites is 1. The number of nitro groups is 1. The lowest BCUT2D eigenvalue weighted by molar-refractivity contribution is -0.385. The van der Waals surface area contributed by atoms with Crippen LogP contribution in [0.1, 0.15) is 12.0 Å². The van der Waals surface area contributed by atoms with Crippen LogP contribution in [0.15, 0.2) is 24.3 Å². The summed E-state index contributed by atoms with van der Waals surface area (Å²) in [4.78, 5) is 20.7. The number of carbonyl (C=O) groups is 1. The largest absolute Gasteiger partial charge is 0.481 e. The predicted molar refractivity (Wildman–Crippen MR) is 75.5 cm³/mol. The number of benzene rings is 1. The number of nitrogens with zero attached hydrogens (tertiary/aromatic N) is 2. The Morgan fingerprint density at radius 2 is 2.00 bits per heavy atom. The van der Waals surface area contributed by atoms with Gasteiger partial charge in [-0.25, -0.2) is 12.7 Å². The quantitative estimate of drug-likeness (QED) is 0.561. The van der Waals surface area contributed by atoms with Crippen LogP contribution in [-0.4, -0.2) is 48.1 Å². The van der Waals surface area contributed by atoms with Gasteiger partial charge in [-0.2, -0.15) is 0 Å². The summed E-state index contributed by atoms with van der Waals surface area (Å²) in [7, 11) is -2.36. The molecule has 0 spiro atoms. The van der Waals surface area contributed by atoms with Gasteiger partial charge in [0.25, 0.3) is 5.69 Å². The van der Waals surface area contributed by atoms with Crippen molar-refractivity contribution in [2.24, 2.45) is 0 Å². The number of sulfonamides is 1. The van der Waals surface area contributed by atoms with Crippen LogP contribution in [0.2, 0.25) is 0 Å². The second kappa shape index (κ2) is 7.14. The van der Waals surface area contributed by atoms with E-state index in [-0.39, 0.29) is 30.8 Å². The Balaban J connectivity index is 2.74. The highest BCUT2D eigenvalue weighted by Crippen LogP contribution is 2.19. The maximum Gasteiger partial charge on any atom is 0.304 e. The maximum atomic E-state index is 12.0. The average molecular weight is 316 g/mol. The molecule has 0 aliphatic heterocycles. The lowest BCUT2D eigenvalue weighted by Crippen LogP contribution is -2.31. The molecule has 0 saturated heterocycles. The van der Waals surface area contributed by atoms with Gasteiger partial charge in [0, 0.05) is 25.2 Å². The van der Waals surface area contributed by atoms with E-state index in [0.29, 0.717) is 5.56 Å². The number of carboxylic acid groups (broad SMARTS) is 1. The molecule has 0 radical (unpaired) electrons. The van der Waals surface area contributed by atoms with Crippen LogP contribution in [0.4, 0.5) is 5.69 Å². The van der Waals surface area contributed by atoms with Crippen molar-refractivity contribution in [1.29, 1.82) is 0 Å². The Morgan fingerprint density at radius 3 is 2.57 bits per heavy atom. The molecule has 0 amide bonds. The van der Waals surface area contributed by atoms with E-state index >= 15 is 0 Å². The van der Waals surface area contributed by atoms with Gasteiger partial charge in [-0.15, -0.1) is 0 Å². The van der Waals surface area contributed by atoms with Gasteiger partial charge in [0.2, 0.25) is 10.0 Å². The molecule has 0 aliphatic rings. The fourth-order valence-corrected chi connectivity index (χ4v) is 2.85. The molecule has 0 fully saturated rings. The van der Waals surface area contributed by atoms with Gasteiger partial charge in [-0.05, 0) is 6.42 Å². The minimum Gasteiger partial charge on any atom is -0.481 e. The molecule has 1 N–H and O–H groups in total. The molecular weight excluding hydrogens is 300 g/mol. The summed E-state index contributed by atoms with van der Waals surface area (Å²) >= 11 is 0. The lowest BCUT2D eigenvalue weighted by atomic mass is 10.1. The molecule has 8 nitrogen and oxygen atoms in total. The molecule has 21 heavy (non-hydrogen) atoms. The van der Waals surface area contributed by atoms with Crippen LogP contribution in [0, 0.1) is 10.1 Å². The van der Waals surface area contributed by atoms with Crippen LogP contribution in [0.3, 0.4) is 0 Å². The van der Waals surface area contributed by atoms with Gasteiger partial charge in [0.15, 0.2) is 0 Å². The first kappa shape index (κ1) is 17.1. The summed E-state index contributed by atoms with van der Waals surface area (Å²) in [6, 6.07) is 5.93. The van der Waals surface area contributed by atoms with E-state index in [1.807, 2.05) is 0 Å². The van der Waals surface area contributed by atoms with Crippen molar-refractivity contribution < 1.29 is 23.2 Å². The zero-order valence-corrected chi connectivity index (χ0v) is 12.2. The fourth-order valence-electron chi connectivity index (χ4n) is 1.69. The van der Waals surface area contributed by atoms with Gasteiger partial charge in [-0.1, -0.05) is 18.2 Å². The maximum absolute atomic E-state index is 12.0. The number of rotatable bonds is 8. The van der Waals surface area contributed by atoms with E-state index in [4.69, 9.17) is 5.11 Å². The predicted octanol–water partition coefficient (Wildman–Crippen LogP) is 0.874. The number of nitro benzene ring substituents is 1. The van der Waals surface area contributed by atoms with Crippen LogP contribution in [-0.2, 0) is 21.2 Å². The minimum atomic E-state index is -3.65. The number of hydrogen-bond acceptors (Lipinski definition) is 5. The Kier molecular flexibility index (Phi) is 5.79. The monoisotopic (exact) mass is 316 g/mol. The van der Waals surface area contributed by atoms with Gasteiger partial charge in [-0.3, -0.25) is 14.9 Å². The van der Waals surface area contributed by atoms with E-state index in [2.05, 4.69) is 0 Å². The van der Waals surface area contributed by atoms with E-state index in [1.165, 1.54) is 25.2 Å². The first-order valence-corrected chi connectivity index (χ1v) is 7.73. The standard InChI is InChI=1S/C12H16N2O6S/c1-13(8-6-12(15)16)21(19,20)9-7-10-4-2-3-5-11(10)14(17)18/h2-5H,6-9H2,1H3,(H,15,16). The highest BCUT2D eigenvalue weighted by molar-refractivity contribution is 7.89. The molecule has 1 rings (SSSR count). The Bertz CT molecular complexity index is 628. The average Bonchev–Trinajstić information content (AvgIpc) is 2.42. The lowest BCUT2D eigenvalue weighted by Gasteiger charge is -2.16. The summed E-state index contributed by atoms with van der Waals surface area (Å²) in [6.45, 7) is -0.130. The topological polar surface area (TPSA) is 118 Å². The van der Waals surface area contributed by atoms with E-state index in [1.54, 1.807) is 6.07 Å². The third-order valence-corrected chi connectivity index (χ3v) is 4.79. The smallest absolute Gasteiger partial charge is 0.304 e. The van der Waals surface area contributed by atoms with Gasteiger partial charge >= 0.3 is 5.97 Å². The van der Waals surface area contributed by atoms with Crippen LogP contribution < -0.4 is 0 Å². The summed E-state index contributed by atoms with van der Waals surface area (Å²) in [5.41, 5.74) is 0.207. The highest BCUT2D eigenvalue weighted by atomic mass is 32.2. The molecule has 1 aromatic rings. The summed E-state index contributed by atoms with van der Waals surface area (Å²) in [5.74, 6) is -1.40. The summed E-state index contributed by atoms with van der Waals surface area (Å²) in [6.07, 6.45) is -0.294. The molecule has 0 aliphatic carbocycles. The zero-order chi connectivity index (χ0) is 16.0. The first-order valence-electron chi connectivity index (χ1n) is 6.12. The van der Waals surface area contributed by atoms with Gasteiger partial charge in [0.05, 0.1) is 17.1 Å². The van der Waals surface area contributed by atoms with Crippen LogP contribution in [0.5, 0.6) is 0 Å². The van der Waals surface area contributed by atoms with Gasteiger partial charge < -0.3 is 5.11 Å². The van der Waals surface area contributed by atoms with Crippen molar-refractivity contribution >= 4 is 21.7 Å². The molecule has 1 aromatic carbocycles. The van der Waals surface area contributed by atoms with Crippen molar-refractivity contribution in [2.75, 3.05) is 19.3 Å². The van der Waals surface area contributed by atoms with Crippen molar-refractivity contribution in [3.63, 3.8) is 0 Å². The molecule has 0 saturated carbocycles. The Morgan fingerprint density at radius 1 is 1.38 bits per heavy atom. The summed E-state index contributed by atoms with van der Waals surface area (Å²) in [5, 5.41) is 19.4. The normalized spacial score (nSPS) is 11.5. The molecule has 0 atom stereocenters. The highest BCUT2D eigenvalue weighted by Gasteiger charge is 2.21. The van der Waals surface area contributed by atoms with Crippen molar-refractivity contribution in [1.82, 2.24) is 4.31 Å². The van der Waals surface area contributed by atoms with Gasteiger partial charge in [0.1, 0.15) is 0 Å². The number of aryl methyl sites for hydroxylation is 1. The second-order valence-corrected chi connectivity index (χ2v) is 6.61. The Hall–Kier alpha value is -2.00. The van der Waals surface area contributed by atoms with E-state index in [9.17, 15) is 23.3 Å². The van der Waals surface area contributed by atoms with Crippen molar-refractivity contribution in [3.05, 3.63) is 39.9 Å². The molecule has 116 valence electrons. The summed E-state index contributed by atoms with van der Waals surface area (Å²) < 4.78 is 24.9. The third kappa shape index (κ3) is 5.12. The molecule has 0 bridgehead atoms. The van der Waals surface area contributed by atoms with Crippen molar-refractivity contribution in [2.45, 2.75) is 12.8 Å². The second-order valence-electron chi connectivity index (χ2n) is 4.42. The SMILES string of the molecule is CN(CCC(=O)O)S(=O)(=O)CCc1ccccc1[N+](=O)[O-]. The molecule has 0 aromatic heterocycles. The number of carboxylic acids is 1. The Labute approximate surface area is 122 Å². The molecule has 9 heteroatoms. The van der Waals surface area contributed by atoms with E-state index in [0.717, 1.165) is 4.31 Å². The minimum absolute atomic E-state index is 0.00308.